The Kier molecular flexibility index (Phi) is 11.6. The first-order valence-electron chi connectivity index (χ1n) is 1.59. The second-order valence-electron chi connectivity index (χ2n) is 0.754. The van der Waals surface area contributed by atoms with E-state index in [0.29, 0.717) is 4.32 Å². The molecule has 0 atom stereocenters. The quantitative estimate of drug-likeness (QED) is 0.319. The molecule has 0 saturated heterocycles. The number of thiocarbonyl (C=S) groups is 1. The molecule has 0 rings (SSSR count). The molecule has 0 aromatic heterocycles. The molecule has 2 nitrogen and oxygen atoms in total. The molecule has 0 unspecified atom stereocenters. The average Bonchev–Trinajstić information content (AvgIpc) is 1.68. The van der Waals surface area contributed by atoms with Gasteiger partial charge in [-0.2, -0.15) is 0 Å². The third kappa shape index (κ3) is 6.94. The maximum atomic E-state index is 5.02. The summed E-state index contributed by atoms with van der Waals surface area (Å²) < 4.78 is 0.537. The van der Waals surface area contributed by atoms with Crippen molar-refractivity contribution in [3.05, 3.63) is 12.8 Å². The van der Waals surface area contributed by atoms with E-state index in [0.717, 1.165) is 11.9 Å². The zero-order valence-electron chi connectivity index (χ0n) is 3.68. The molecule has 0 aromatic rings. The van der Waals surface area contributed by atoms with Gasteiger partial charge in [0, 0.05) is 0 Å². The van der Waals surface area contributed by atoms with E-state index >= 15 is 0 Å². The molecule has 0 radical (unpaired) electrons. The van der Waals surface area contributed by atoms with Crippen LogP contribution in [0.2, 0.25) is 0 Å². The normalized spacial score (nSPS) is 6.62. The van der Waals surface area contributed by atoms with Gasteiger partial charge in [0.1, 0.15) is 0 Å². The van der Waals surface area contributed by atoms with E-state index in [1.807, 2.05) is 0 Å². The number of hydrogen-bond acceptors (Lipinski definition) is 3. The van der Waals surface area contributed by atoms with Crippen molar-refractivity contribution in [2.24, 2.45) is 5.14 Å². The third-order valence-electron chi connectivity index (χ3n) is 0.327. The van der Waals surface area contributed by atoms with Gasteiger partial charge in [-0.3, -0.25) is 5.14 Å². The molecule has 0 aliphatic heterocycles. The summed E-state index contributed by atoms with van der Waals surface area (Å²) in [6, 6.07) is 0. The SMILES string of the molecule is C=CNC(=S)SN.[NaH]. The van der Waals surface area contributed by atoms with Gasteiger partial charge in [0.05, 0.1) is 0 Å². The number of hydrogen-bond donors (Lipinski definition) is 2. The summed E-state index contributed by atoms with van der Waals surface area (Å²) in [5.41, 5.74) is 0. The Labute approximate surface area is 80.7 Å². The van der Waals surface area contributed by atoms with Crippen molar-refractivity contribution >= 4 is 58.0 Å². The minimum absolute atomic E-state index is 0. The first-order chi connectivity index (χ1) is 3.31. The molecular weight excluding hydrogens is 151 g/mol. The van der Waals surface area contributed by atoms with Crippen LogP contribution in [0.4, 0.5) is 0 Å². The third-order valence-corrected chi connectivity index (χ3v) is 1.07. The van der Waals surface area contributed by atoms with E-state index in [2.05, 4.69) is 24.1 Å². The molecule has 0 heterocycles. The minimum atomic E-state index is 0. The molecule has 3 N–H and O–H groups in total. The van der Waals surface area contributed by atoms with Crippen molar-refractivity contribution in [2.45, 2.75) is 0 Å². The Morgan fingerprint density at radius 1 is 1.88 bits per heavy atom. The van der Waals surface area contributed by atoms with Crippen LogP contribution >= 0.6 is 24.2 Å². The van der Waals surface area contributed by atoms with Crippen molar-refractivity contribution in [3.8, 4) is 0 Å². The van der Waals surface area contributed by atoms with Gasteiger partial charge in [0.15, 0.2) is 4.32 Å². The fourth-order valence-corrected chi connectivity index (χ4v) is 0.352. The Balaban J connectivity index is 0. The molecule has 5 heteroatoms. The summed E-state index contributed by atoms with van der Waals surface area (Å²) in [6.07, 6.45) is 1.49. The van der Waals surface area contributed by atoms with Gasteiger partial charge in [0.25, 0.3) is 0 Å². The van der Waals surface area contributed by atoms with Crippen LogP contribution in [-0.4, -0.2) is 33.9 Å². The van der Waals surface area contributed by atoms with E-state index < -0.39 is 0 Å². The van der Waals surface area contributed by atoms with Crippen LogP contribution < -0.4 is 10.5 Å². The Morgan fingerprint density at radius 3 is 2.50 bits per heavy atom. The second kappa shape index (κ2) is 7.94. The molecule has 42 valence electrons. The molecule has 8 heavy (non-hydrogen) atoms. The fraction of sp³-hybridized carbons (Fsp3) is 0. The topological polar surface area (TPSA) is 38.0 Å². The van der Waals surface area contributed by atoms with Crippen LogP contribution in [0.25, 0.3) is 0 Å². The van der Waals surface area contributed by atoms with Crippen molar-refractivity contribution in [3.63, 3.8) is 0 Å². The predicted octanol–water partition coefficient (Wildman–Crippen LogP) is -0.0372. The van der Waals surface area contributed by atoms with Crippen molar-refractivity contribution in [1.29, 1.82) is 0 Å². The molecule has 0 saturated carbocycles. The zero-order valence-corrected chi connectivity index (χ0v) is 5.31. The Hall–Kier alpha value is 0.940. The number of nitrogens with one attached hydrogen (secondary N) is 1. The zero-order chi connectivity index (χ0) is 5.70. The summed E-state index contributed by atoms with van der Waals surface area (Å²) in [5.74, 6) is 0. The van der Waals surface area contributed by atoms with Crippen LogP contribution in [0.5, 0.6) is 0 Å². The van der Waals surface area contributed by atoms with E-state index in [9.17, 15) is 0 Å². The number of nitrogens with two attached hydrogens (primary N) is 1. The van der Waals surface area contributed by atoms with Crippen LogP contribution in [0.15, 0.2) is 12.8 Å². The molecule has 0 amide bonds. The van der Waals surface area contributed by atoms with Gasteiger partial charge < -0.3 is 5.32 Å². The molecule has 0 fully saturated rings. The monoisotopic (exact) mass is 158 g/mol. The molecule has 0 spiro atoms. The standard InChI is InChI=1S/C3H6N2S2.Na.H/c1-2-5-3(6)7-4;;/h2H,1,4H2,(H,5,6);;. The number of rotatable bonds is 1. The van der Waals surface area contributed by atoms with Gasteiger partial charge in [-0.25, -0.2) is 0 Å². The van der Waals surface area contributed by atoms with Gasteiger partial charge in [0.2, 0.25) is 0 Å². The Morgan fingerprint density at radius 2 is 2.38 bits per heavy atom. The summed E-state index contributed by atoms with van der Waals surface area (Å²) in [6.45, 7) is 3.38. The summed E-state index contributed by atoms with van der Waals surface area (Å²) >= 11 is 5.61. The summed E-state index contributed by atoms with van der Waals surface area (Å²) in [4.78, 5) is 0. The maximum absolute atomic E-state index is 5.02. The van der Waals surface area contributed by atoms with E-state index in [4.69, 9.17) is 5.14 Å². The summed E-state index contributed by atoms with van der Waals surface area (Å²) in [7, 11) is 0. The Bertz CT molecular complexity index is 85.4. The fourth-order valence-electron chi connectivity index (χ4n) is 0.117. The first-order valence-corrected chi connectivity index (χ1v) is 2.88. The molecular formula is C3H7N2NaS2. The first kappa shape index (κ1) is 11.7. The molecule has 0 aliphatic rings. The molecule has 0 aliphatic carbocycles. The van der Waals surface area contributed by atoms with E-state index in [1.54, 1.807) is 0 Å². The van der Waals surface area contributed by atoms with E-state index in [-0.39, 0.29) is 29.6 Å². The van der Waals surface area contributed by atoms with Gasteiger partial charge in [-0.1, -0.05) is 18.8 Å². The van der Waals surface area contributed by atoms with Crippen molar-refractivity contribution in [2.75, 3.05) is 0 Å². The molecule has 0 bridgehead atoms. The van der Waals surface area contributed by atoms with E-state index in [1.165, 1.54) is 6.20 Å². The van der Waals surface area contributed by atoms with Gasteiger partial charge in [-0.05, 0) is 18.1 Å². The van der Waals surface area contributed by atoms with Crippen LogP contribution in [0, 0.1) is 0 Å². The van der Waals surface area contributed by atoms with Crippen LogP contribution in [0.3, 0.4) is 0 Å². The second-order valence-corrected chi connectivity index (χ2v) is 2.06. The van der Waals surface area contributed by atoms with Crippen molar-refractivity contribution in [1.82, 2.24) is 5.32 Å². The average molecular weight is 158 g/mol. The molecule has 0 aromatic carbocycles. The van der Waals surface area contributed by atoms with Crippen molar-refractivity contribution < 1.29 is 0 Å². The van der Waals surface area contributed by atoms with Gasteiger partial charge in [-0.15, -0.1) is 0 Å². The predicted molar refractivity (Wildman–Crippen MR) is 44.9 cm³/mol. The summed E-state index contributed by atoms with van der Waals surface area (Å²) in [5, 5.41) is 7.65. The van der Waals surface area contributed by atoms with Crippen LogP contribution in [-0.2, 0) is 0 Å². The van der Waals surface area contributed by atoms with Crippen LogP contribution in [0.1, 0.15) is 0 Å². The van der Waals surface area contributed by atoms with Gasteiger partial charge >= 0.3 is 29.6 Å².